The van der Waals surface area contributed by atoms with Crippen LogP contribution in [0.25, 0.3) is 11.3 Å². The largest absolute Gasteiger partial charge is 0.300 e. The molecular weight excluding hydrogens is 250 g/mol. The van der Waals surface area contributed by atoms with E-state index in [0.717, 1.165) is 18.6 Å². The number of rotatable bonds is 2. The molecular formula is C14H12F2N2O. The molecule has 0 N–H and O–H groups in total. The van der Waals surface area contributed by atoms with E-state index < -0.39 is 11.6 Å². The molecule has 0 saturated heterocycles. The zero-order valence-corrected chi connectivity index (χ0v) is 10.1. The smallest absolute Gasteiger partial charge is 0.159 e. The van der Waals surface area contributed by atoms with Crippen molar-refractivity contribution in [1.29, 1.82) is 0 Å². The minimum atomic E-state index is -0.886. The lowest BCUT2D eigenvalue weighted by Crippen LogP contribution is -2.06. The maximum absolute atomic E-state index is 13.2. The Morgan fingerprint density at radius 3 is 2.74 bits per heavy atom. The summed E-state index contributed by atoms with van der Waals surface area (Å²) in [5.74, 6) is -1.51. The predicted octanol–water partition coefficient (Wildman–Crippen LogP) is 3.12. The second kappa shape index (κ2) is 4.57. The SMILES string of the molecule is O=C1CCC(n2ccc(-c3ccc(F)c(F)c3)n2)C1. The van der Waals surface area contributed by atoms with Crippen molar-refractivity contribution in [3.63, 3.8) is 0 Å². The minimum absolute atomic E-state index is 0.0894. The Hall–Kier alpha value is -2.04. The Morgan fingerprint density at radius 1 is 1.21 bits per heavy atom. The third-order valence-electron chi connectivity index (χ3n) is 3.42. The van der Waals surface area contributed by atoms with Gasteiger partial charge in [-0.05, 0) is 30.7 Å². The molecule has 1 fully saturated rings. The summed E-state index contributed by atoms with van der Waals surface area (Å²) in [6, 6.07) is 5.54. The second-order valence-electron chi connectivity index (χ2n) is 4.75. The first-order valence-electron chi connectivity index (χ1n) is 6.16. The highest BCUT2D eigenvalue weighted by Gasteiger charge is 2.24. The Morgan fingerprint density at radius 2 is 2.05 bits per heavy atom. The van der Waals surface area contributed by atoms with Gasteiger partial charge in [0.05, 0.1) is 11.7 Å². The lowest BCUT2D eigenvalue weighted by Gasteiger charge is -2.08. The van der Waals surface area contributed by atoms with Crippen LogP contribution >= 0.6 is 0 Å². The lowest BCUT2D eigenvalue weighted by molar-refractivity contribution is -0.117. The number of benzene rings is 1. The van der Waals surface area contributed by atoms with E-state index in [1.54, 1.807) is 16.9 Å². The lowest BCUT2D eigenvalue weighted by atomic mass is 10.1. The number of carbonyl (C=O) groups excluding carboxylic acids is 1. The number of hydrogen-bond acceptors (Lipinski definition) is 2. The first-order chi connectivity index (χ1) is 9.13. The number of ketones is 1. The van der Waals surface area contributed by atoms with Crippen LogP contribution in [0.4, 0.5) is 8.78 Å². The number of nitrogens with zero attached hydrogens (tertiary/aromatic N) is 2. The van der Waals surface area contributed by atoms with Gasteiger partial charge in [-0.1, -0.05) is 0 Å². The summed E-state index contributed by atoms with van der Waals surface area (Å²) in [4.78, 5) is 11.3. The van der Waals surface area contributed by atoms with Gasteiger partial charge in [-0.3, -0.25) is 9.48 Å². The van der Waals surface area contributed by atoms with Gasteiger partial charge in [0.25, 0.3) is 0 Å². The molecule has 0 spiro atoms. The molecule has 0 aliphatic heterocycles. The zero-order chi connectivity index (χ0) is 13.4. The van der Waals surface area contributed by atoms with Crippen LogP contribution in [0.2, 0.25) is 0 Å². The van der Waals surface area contributed by atoms with Crippen molar-refractivity contribution < 1.29 is 13.6 Å². The molecule has 19 heavy (non-hydrogen) atoms. The van der Waals surface area contributed by atoms with Gasteiger partial charge >= 0.3 is 0 Å². The molecule has 1 saturated carbocycles. The van der Waals surface area contributed by atoms with Gasteiger partial charge in [-0.25, -0.2) is 8.78 Å². The molecule has 5 heteroatoms. The number of aromatic nitrogens is 2. The summed E-state index contributed by atoms with van der Waals surface area (Å²) in [5.41, 5.74) is 1.11. The number of Topliss-reactive ketones (excluding diaryl/α,β-unsaturated/α-hetero) is 1. The van der Waals surface area contributed by atoms with Crippen LogP contribution in [-0.2, 0) is 4.79 Å². The quantitative estimate of drug-likeness (QED) is 0.833. The highest BCUT2D eigenvalue weighted by molar-refractivity contribution is 5.80. The van der Waals surface area contributed by atoms with E-state index in [1.807, 2.05) is 0 Å². The van der Waals surface area contributed by atoms with Gasteiger partial charge in [0.15, 0.2) is 11.6 Å². The third kappa shape index (κ3) is 2.28. The van der Waals surface area contributed by atoms with Crippen molar-refractivity contribution in [3.8, 4) is 11.3 Å². The fourth-order valence-electron chi connectivity index (χ4n) is 2.37. The van der Waals surface area contributed by atoms with Gasteiger partial charge in [0, 0.05) is 24.6 Å². The van der Waals surface area contributed by atoms with Gasteiger partial charge in [-0.2, -0.15) is 5.10 Å². The van der Waals surface area contributed by atoms with Gasteiger partial charge in [-0.15, -0.1) is 0 Å². The van der Waals surface area contributed by atoms with Crippen LogP contribution in [0.3, 0.4) is 0 Å². The Bertz CT molecular complexity index is 636. The molecule has 3 rings (SSSR count). The van der Waals surface area contributed by atoms with Crippen molar-refractivity contribution in [2.75, 3.05) is 0 Å². The van der Waals surface area contributed by atoms with E-state index in [4.69, 9.17) is 0 Å². The monoisotopic (exact) mass is 262 g/mol. The Labute approximate surface area is 108 Å². The summed E-state index contributed by atoms with van der Waals surface area (Å²) >= 11 is 0. The van der Waals surface area contributed by atoms with Crippen molar-refractivity contribution in [2.45, 2.75) is 25.3 Å². The highest BCUT2D eigenvalue weighted by atomic mass is 19.2. The molecule has 1 aliphatic rings. The average molecular weight is 262 g/mol. The van der Waals surface area contributed by atoms with Crippen molar-refractivity contribution in [2.24, 2.45) is 0 Å². The van der Waals surface area contributed by atoms with Crippen molar-refractivity contribution >= 4 is 5.78 Å². The first-order valence-corrected chi connectivity index (χ1v) is 6.16. The summed E-state index contributed by atoms with van der Waals surface area (Å²) in [6.45, 7) is 0. The molecule has 1 aromatic carbocycles. The summed E-state index contributed by atoms with van der Waals surface area (Å²) in [7, 11) is 0. The van der Waals surface area contributed by atoms with Crippen LogP contribution in [0.1, 0.15) is 25.3 Å². The molecule has 1 atom stereocenters. The minimum Gasteiger partial charge on any atom is -0.300 e. The molecule has 1 aliphatic carbocycles. The third-order valence-corrected chi connectivity index (χ3v) is 3.42. The van der Waals surface area contributed by atoms with Gasteiger partial charge < -0.3 is 0 Å². The summed E-state index contributed by atoms with van der Waals surface area (Å²) in [6.07, 6.45) is 3.65. The average Bonchev–Trinajstić information content (AvgIpc) is 3.01. The highest BCUT2D eigenvalue weighted by Crippen LogP contribution is 2.28. The van der Waals surface area contributed by atoms with E-state index in [9.17, 15) is 13.6 Å². The van der Waals surface area contributed by atoms with E-state index in [1.165, 1.54) is 6.07 Å². The van der Waals surface area contributed by atoms with E-state index in [2.05, 4.69) is 5.10 Å². The first kappa shape index (κ1) is 12.0. The fraction of sp³-hybridized carbons (Fsp3) is 0.286. The topological polar surface area (TPSA) is 34.9 Å². The normalized spacial score (nSPS) is 19.1. The number of halogens is 2. The van der Waals surface area contributed by atoms with Crippen molar-refractivity contribution in [3.05, 3.63) is 42.1 Å². The maximum Gasteiger partial charge on any atom is 0.159 e. The van der Waals surface area contributed by atoms with Crippen LogP contribution in [0.5, 0.6) is 0 Å². The van der Waals surface area contributed by atoms with Crippen LogP contribution in [0, 0.1) is 11.6 Å². The van der Waals surface area contributed by atoms with Crippen LogP contribution in [0.15, 0.2) is 30.5 Å². The molecule has 1 unspecified atom stereocenters. The second-order valence-corrected chi connectivity index (χ2v) is 4.75. The van der Waals surface area contributed by atoms with Gasteiger partial charge in [0.1, 0.15) is 5.78 Å². The molecule has 3 nitrogen and oxygen atoms in total. The molecule has 0 radical (unpaired) electrons. The van der Waals surface area contributed by atoms with Crippen LogP contribution in [-0.4, -0.2) is 15.6 Å². The molecule has 1 heterocycles. The van der Waals surface area contributed by atoms with Crippen molar-refractivity contribution in [1.82, 2.24) is 9.78 Å². The van der Waals surface area contributed by atoms with E-state index >= 15 is 0 Å². The molecule has 2 aromatic rings. The van der Waals surface area contributed by atoms with E-state index in [-0.39, 0.29) is 11.8 Å². The van der Waals surface area contributed by atoms with Gasteiger partial charge in [0.2, 0.25) is 0 Å². The Kier molecular flexibility index (Phi) is 2.89. The zero-order valence-electron chi connectivity index (χ0n) is 10.1. The number of hydrogen-bond donors (Lipinski definition) is 0. The molecule has 0 bridgehead atoms. The molecule has 1 aromatic heterocycles. The molecule has 0 amide bonds. The summed E-state index contributed by atoms with van der Waals surface area (Å²) in [5, 5.41) is 4.34. The predicted molar refractivity (Wildman–Crippen MR) is 65.5 cm³/mol. The summed E-state index contributed by atoms with van der Waals surface area (Å²) < 4.78 is 27.8. The standard InChI is InChI=1S/C14H12F2N2O/c15-12-4-1-9(7-13(12)16)14-5-6-18(17-14)10-2-3-11(19)8-10/h1,4-7,10H,2-3,8H2. The van der Waals surface area contributed by atoms with Crippen LogP contribution < -0.4 is 0 Å². The molecule has 98 valence electrons. The van der Waals surface area contributed by atoms with E-state index in [0.29, 0.717) is 24.1 Å². The number of carbonyl (C=O) groups is 1. The Balaban J connectivity index is 1.88. The fourth-order valence-corrected chi connectivity index (χ4v) is 2.37. The maximum atomic E-state index is 13.2.